The van der Waals surface area contributed by atoms with Crippen molar-refractivity contribution in [3.63, 3.8) is 0 Å². The molecule has 0 unspecified atom stereocenters. The van der Waals surface area contributed by atoms with Crippen LogP contribution in [0.5, 0.6) is 0 Å². The topological polar surface area (TPSA) is 61.0 Å². The van der Waals surface area contributed by atoms with Crippen LogP contribution in [0.25, 0.3) is 0 Å². The smallest absolute Gasteiger partial charge is 0.347 e. The van der Waals surface area contributed by atoms with Crippen LogP contribution in [0.3, 0.4) is 0 Å². The molecule has 1 saturated heterocycles. The summed E-state index contributed by atoms with van der Waals surface area (Å²) in [4.78, 5) is 20.5. The Morgan fingerprint density at radius 3 is 2.93 bits per heavy atom. The van der Waals surface area contributed by atoms with Crippen molar-refractivity contribution in [3.05, 3.63) is 21.7 Å². The minimum absolute atomic E-state index is 0.223. The maximum atomic E-state index is 11.4. The van der Waals surface area contributed by atoms with Gasteiger partial charge in [0, 0.05) is 30.9 Å². The molecule has 0 radical (unpaired) electrons. The zero-order valence-corrected chi connectivity index (χ0v) is 8.55. The lowest BCUT2D eigenvalue weighted by Crippen LogP contribution is -2.41. The Morgan fingerprint density at radius 2 is 2.20 bits per heavy atom. The van der Waals surface area contributed by atoms with Crippen LogP contribution in [0.1, 0.15) is 17.7 Å². The summed E-state index contributed by atoms with van der Waals surface area (Å²) in [5, 5.41) is 3.25. The van der Waals surface area contributed by atoms with Gasteiger partial charge in [-0.3, -0.25) is 0 Å². The number of aromatic nitrogens is 2. The zero-order chi connectivity index (χ0) is 10.3. The Morgan fingerprint density at radius 1 is 1.33 bits per heavy atom. The maximum Gasteiger partial charge on any atom is 0.347 e. The van der Waals surface area contributed by atoms with Gasteiger partial charge >= 0.3 is 5.69 Å². The number of nitrogens with one attached hydrogen (secondary N) is 2. The second kappa shape index (κ2) is 3.34. The number of fused-ring (bicyclic) bond motifs is 1. The van der Waals surface area contributed by atoms with E-state index in [-0.39, 0.29) is 5.69 Å². The van der Waals surface area contributed by atoms with Crippen LogP contribution in [-0.2, 0) is 13.0 Å². The lowest BCUT2D eigenvalue weighted by atomic mass is 10.1. The first-order chi connectivity index (χ1) is 7.34. The largest absolute Gasteiger partial charge is 0.356 e. The first-order valence-corrected chi connectivity index (χ1v) is 5.42. The average molecular weight is 206 g/mol. The van der Waals surface area contributed by atoms with Gasteiger partial charge in [-0.15, -0.1) is 0 Å². The Kier molecular flexibility index (Phi) is 1.98. The predicted molar refractivity (Wildman–Crippen MR) is 57.1 cm³/mol. The molecular formula is C10H14N4O. The van der Waals surface area contributed by atoms with Gasteiger partial charge in [-0.25, -0.2) is 4.79 Å². The molecule has 2 N–H and O–H groups in total. The number of hydrogen-bond acceptors (Lipinski definition) is 4. The fourth-order valence-corrected chi connectivity index (χ4v) is 2.16. The molecule has 0 atom stereocenters. The molecule has 80 valence electrons. The van der Waals surface area contributed by atoms with Crippen molar-refractivity contribution in [1.82, 2.24) is 15.3 Å². The van der Waals surface area contributed by atoms with Crippen LogP contribution >= 0.6 is 0 Å². The molecule has 0 bridgehead atoms. The van der Waals surface area contributed by atoms with Gasteiger partial charge in [0.15, 0.2) is 0 Å². The summed E-state index contributed by atoms with van der Waals surface area (Å²) in [6, 6.07) is 0. The van der Waals surface area contributed by atoms with E-state index in [0.717, 1.165) is 44.1 Å². The lowest BCUT2D eigenvalue weighted by Gasteiger charge is -2.34. The molecule has 2 aliphatic rings. The third-order valence-corrected chi connectivity index (χ3v) is 3.11. The van der Waals surface area contributed by atoms with Gasteiger partial charge < -0.3 is 15.2 Å². The van der Waals surface area contributed by atoms with E-state index in [9.17, 15) is 4.79 Å². The Labute approximate surface area is 87.5 Å². The van der Waals surface area contributed by atoms with Gasteiger partial charge in [-0.05, 0) is 19.4 Å². The van der Waals surface area contributed by atoms with Crippen molar-refractivity contribution < 1.29 is 0 Å². The Bertz CT molecular complexity index is 436. The monoisotopic (exact) mass is 206 g/mol. The molecular weight excluding hydrogens is 192 g/mol. The molecule has 15 heavy (non-hydrogen) atoms. The van der Waals surface area contributed by atoms with Gasteiger partial charge in [0.25, 0.3) is 0 Å². The summed E-state index contributed by atoms with van der Waals surface area (Å²) in [5.74, 6) is 0.918. The van der Waals surface area contributed by atoms with Crippen LogP contribution in [0.2, 0.25) is 0 Å². The summed E-state index contributed by atoms with van der Waals surface area (Å²) in [6.45, 7) is 3.81. The summed E-state index contributed by atoms with van der Waals surface area (Å²) in [5.41, 5.74) is 2.02. The van der Waals surface area contributed by atoms with Gasteiger partial charge in [0.1, 0.15) is 5.82 Å². The Balaban J connectivity index is 2.10. The molecule has 0 aliphatic carbocycles. The van der Waals surface area contributed by atoms with E-state index >= 15 is 0 Å². The number of H-pyrrole nitrogens is 1. The first-order valence-electron chi connectivity index (χ1n) is 5.42. The Hall–Kier alpha value is -1.36. The number of aromatic amines is 1. The van der Waals surface area contributed by atoms with Crippen LogP contribution in [0.4, 0.5) is 5.82 Å². The first kappa shape index (κ1) is 8.91. The highest BCUT2D eigenvalue weighted by molar-refractivity contribution is 5.51. The van der Waals surface area contributed by atoms with Crippen molar-refractivity contribution in [2.24, 2.45) is 0 Å². The third kappa shape index (κ3) is 1.43. The van der Waals surface area contributed by atoms with E-state index in [0.29, 0.717) is 0 Å². The molecule has 3 heterocycles. The van der Waals surface area contributed by atoms with Crippen LogP contribution < -0.4 is 15.9 Å². The van der Waals surface area contributed by atoms with Gasteiger partial charge in [0.05, 0.1) is 0 Å². The normalized spacial score (nSPS) is 19.6. The molecule has 0 amide bonds. The highest BCUT2D eigenvalue weighted by Gasteiger charge is 2.23. The predicted octanol–water partition coefficient (Wildman–Crippen LogP) is -0.374. The fourth-order valence-electron chi connectivity index (χ4n) is 2.16. The molecule has 1 aromatic rings. The molecule has 5 nitrogen and oxygen atoms in total. The number of nitrogens with zero attached hydrogens (tertiary/aromatic N) is 2. The minimum atomic E-state index is -0.223. The standard InChI is InChI=1S/C10H14N4O/c15-10-12-8-6-11-3-2-7(8)9(13-10)14-4-1-5-14/h11H,1-6H2,(H,12,13,15). The second-order valence-electron chi connectivity index (χ2n) is 4.09. The summed E-state index contributed by atoms with van der Waals surface area (Å²) in [7, 11) is 0. The average Bonchev–Trinajstić information content (AvgIpc) is 2.14. The minimum Gasteiger partial charge on any atom is -0.356 e. The second-order valence-corrected chi connectivity index (χ2v) is 4.09. The van der Waals surface area contributed by atoms with Crippen molar-refractivity contribution in [3.8, 4) is 0 Å². The van der Waals surface area contributed by atoms with Gasteiger partial charge in [-0.2, -0.15) is 4.98 Å². The molecule has 0 saturated carbocycles. The van der Waals surface area contributed by atoms with Crippen molar-refractivity contribution in [2.45, 2.75) is 19.4 Å². The van der Waals surface area contributed by atoms with E-state index in [1.165, 1.54) is 12.0 Å². The van der Waals surface area contributed by atoms with Crippen LogP contribution in [0, 0.1) is 0 Å². The number of rotatable bonds is 1. The van der Waals surface area contributed by atoms with E-state index in [2.05, 4.69) is 20.2 Å². The molecule has 0 spiro atoms. The molecule has 3 rings (SSSR count). The molecule has 1 fully saturated rings. The van der Waals surface area contributed by atoms with E-state index in [4.69, 9.17) is 0 Å². The molecule has 5 heteroatoms. The number of anilines is 1. The fraction of sp³-hybridized carbons (Fsp3) is 0.600. The quantitative estimate of drug-likeness (QED) is 0.658. The van der Waals surface area contributed by atoms with E-state index in [1.807, 2.05) is 0 Å². The summed E-state index contributed by atoms with van der Waals surface area (Å²) in [6.07, 6.45) is 2.17. The third-order valence-electron chi connectivity index (χ3n) is 3.11. The maximum absolute atomic E-state index is 11.4. The molecule has 0 aromatic carbocycles. The van der Waals surface area contributed by atoms with Crippen molar-refractivity contribution in [1.29, 1.82) is 0 Å². The van der Waals surface area contributed by atoms with Crippen molar-refractivity contribution in [2.75, 3.05) is 24.5 Å². The van der Waals surface area contributed by atoms with E-state index in [1.54, 1.807) is 0 Å². The van der Waals surface area contributed by atoms with Gasteiger partial charge in [-0.1, -0.05) is 0 Å². The number of hydrogen-bond donors (Lipinski definition) is 2. The zero-order valence-electron chi connectivity index (χ0n) is 8.55. The lowest BCUT2D eigenvalue weighted by molar-refractivity contribution is 0.580. The summed E-state index contributed by atoms with van der Waals surface area (Å²) >= 11 is 0. The van der Waals surface area contributed by atoms with Crippen molar-refractivity contribution >= 4 is 5.82 Å². The van der Waals surface area contributed by atoms with E-state index < -0.39 is 0 Å². The molecule has 2 aliphatic heterocycles. The summed E-state index contributed by atoms with van der Waals surface area (Å²) < 4.78 is 0. The highest BCUT2D eigenvalue weighted by Crippen LogP contribution is 2.24. The van der Waals surface area contributed by atoms with Crippen LogP contribution in [-0.4, -0.2) is 29.6 Å². The van der Waals surface area contributed by atoms with Crippen LogP contribution in [0.15, 0.2) is 4.79 Å². The highest BCUT2D eigenvalue weighted by atomic mass is 16.1. The SMILES string of the molecule is O=c1nc(N2CCC2)c2c([nH]1)CNCC2. The van der Waals surface area contributed by atoms with Gasteiger partial charge in [0.2, 0.25) is 0 Å². The molecule has 1 aromatic heterocycles.